The van der Waals surface area contributed by atoms with Gasteiger partial charge in [-0.15, -0.1) is 11.3 Å². The van der Waals surface area contributed by atoms with Gasteiger partial charge < -0.3 is 0 Å². The molecule has 0 saturated heterocycles. The molecule has 3 aromatic rings. The number of amides is 1. The number of carbonyl (C=O) groups excluding carboxylic acids is 1. The van der Waals surface area contributed by atoms with Crippen LogP contribution in [0.5, 0.6) is 0 Å². The summed E-state index contributed by atoms with van der Waals surface area (Å²) in [6.07, 6.45) is 1.44. The molecule has 0 fully saturated rings. The lowest BCUT2D eigenvalue weighted by atomic mass is 10.2. The van der Waals surface area contributed by atoms with Gasteiger partial charge in [-0.3, -0.25) is 4.79 Å². The molecular weight excluding hydrogens is 323 g/mol. The van der Waals surface area contributed by atoms with Crippen LogP contribution in [-0.2, 0) is 0 Å². The molecule has 1 heterocycles. The first-order valence-electron chi connectivity index (χ1n) is 6.41. The molecular formula is C16H10ClFN2OS. The maximum Gasteiger partial charge on any atom is 0.283 e. The molecule has 0 aliphatic carbocycles. The van der Waals surface area contributed by atoms with Gasteiger partial charge >= 0.3 is 0 Å². The topological polar surface area (TPSA) is 41.5 Å². The summed E-state index contributed by atoms with van der Waals surface area (Å²) in [5.74, 6) is -0.692. The Kier molecular flexibility index (Phi) is 4.18. The zero-order valence-corrected chi connectivity index (χ0v) is 12.8. The lowest BCUT2D eigenvalue weighted by Gasteiger charge is -1.97. The SMILES string of the molecule is O=C(NN=Cc1ccc(F)cc1)c1sc2ccccc2c1Cl. The van der Waals surface area contributed by atoms with Gasteiger partial charge in [-0.05, 0) is 23.8 Å². The quantitative estimate of drug-likeness (QED) is 0.558. The number of hydrazone groups is 1. The number of benzene rings is 2. The average molecular weight is 333 g/mol. The van der Waals surface area contributed by atoms with Crippen LogP contribution in [0.25, 0.3) is 10.1 Å². The molecule has 2 aromatic carbocycles. The van der Waals surface area contributed by atoms with Crippen molar-refractivity contribution in [2.75, 3.05) is 0 Å². The van der Waals surface area contributed by atoms with Crippen LogP contribution in [0, 0.1) is 5.82 Å². The maximum absolute atomic E-state index is 12.8. The number of fused-ring (bicyclic) bond motifs is 1. The van der Waals surface area contributed by atoms with E-state index in [2.05, 4.69) is 10.5 Å². The van der Waals surface area contributed by atoms with E-state index in [1.54, 1.807) is 12.1 Å². The molecule has 0 bridgehead atoms. The van der Waals surface area contributed by atoms with Gasteiger partial charge in [-0.2, -0.15) is 5.10 Å². The largest absolute Gasteiger partial charge is 0.283 e. The van der Waals surface area contributed by atoms with Crippen LogP contribution in [0.4, 0.5) is 4.39 Å². The Hall–Kier alpha value is -2.24. The lowest BCUT2D eigenvalue weighted by molar-refractivity contribution is 0.0959. The van der Waals surface area contributed by atoms with Gasteiger partial charge in [-0.25, -0.2) is 9.82 Å². The highest BCUT2D eigenvalue weighted by Gasteiger charge is 2.16. The summed E-state index contributed by atoms with van der Waals surface area (Å²) in [6, 6.07) is 13.3. The number of hydrogen-bond donors (Lipinski definition) is 1. The zero-order chi connectivity index (χ0) is 15.5. The molecule has 0 radical (unpaired) electrons. The van der Waals surface area contributed by atoms with E-state index in [-0.39, 0.29) is 11.7 Å². The highest BCUT2D eigenvalue weighted by atomic mass is 35.5. The summed E-state index contributed by atoms with van der Waals surface area (Å²) >= 11 is 7.53. The third kappa shape index (κ3) is 3.00. The number of hydrogen-bond acceptors (Lipinski definition) is 3. The highest BCUT2D eigenvalue weighted by Crippen LogP contribution is 2.34. The minimum absolute atomic E-state index is 0.321. The second-order valence-corrected chi connectivity index (χ2v) is 5.92. The first-order chi connectivity index (χ1) is 10.6. The molecule has 0 saturated carbocycles. The predicted molar refractivity (Wildman–Crippen MR) is 88.3 cm³/mol. The molecule has 1 amide bonds. The van der Waals surface area contributed by atoms with E-state index in [9.17, 15) is 9.18 Å². The van der Waals surface area contributed by atoms with Crippen molar-refractivity contribution in [3.63, 3.8) is 0 Å². The number of nitrogens with zero attached hydrogens (tertiary/aromatic N) is 1. The molecule has 0 aliphatic heterocycles. The lowest BCUT2D eigenvalue weighted by Crippen LogP contribution is -2.16. The van der Waals surface area contributed by atoms with Crippen LogP contribution in [-0.4, -0.2) is 12.1 Å². The first-order valence-corrected chi connectivity index (χ1v) is 7.60. The molecule has 3 nitrogen and oxygen atoms in total. The van der Waals surface area contributed by atoms with E-state index in [0.717, 1.165) is 10.1 Å². The summed E-state index contributed by atoms with van der Waals surface area (Å²) < 4.78 is 13.7. The zero-order valence-electron chi connectivity index (χ0n) is 11.2. The normalized spacial score (nSPS) is 11.2. The first kappa shape index (κ1) is 14.7. The Morgan fingerprint density at radius 3 is 2.64 bits per heavy atom. The summed E-state index contributed by atoms with van der Waals surface area (Å²) in [4.78, 5) is 12.5. The monoisotopic (exact) mass is 332 g/mol. The molecule has 0 atom stereocenters. The molecule has 6 heteroatoms. The third-order valence-corrected chi connectivity index (χ3v) is 4.67. The van der Waals surface area contributed by atoms with Crippen molar-refractivity contribution in [1.29, 1.82) is 0 Å². The Labute approximate surface area is 135 Å². The van der Waals surface area contributed by atoms with E-state index in [0.29, 0.717) is 15.5 Å². The van der Waals surface area contributed by atoms with Crippen molar-refractivity contribution >= 4 is 45.1 Å². The Morgan fingerprint density at radius 1 is 1.18 bits per heavy atom. The van der Waals surface area contributed by atoms with Gasteiger partial charge in [0.15, 0.2) is 0 Å². The van der Waals surface area contributed by atoms with Gasteiger partial charge in [0, 0.05) is 10.1 Å². The fraction of sp³-hybridized carbons (Fsp3) is 0. The fourth-order valence-corrected chi connectivity index (χ4v) is 3.33. The van der Waals surface area contributed by atoms with E-state index < -0.39 is 0 Å². The van der Waals surface area contributed by atoms with Gasteiger partial charge in [0.2, 0.25) is 0 Å². The van der Waals surface area contributed by atoms with Crippen LogP contribution in [0.15, 0.2) is 53.6 Å². The summed E-state index contributed by atoms with van der Waals surface area (Å²) in [5.41, 5.74) is 3.11. The average Bonchev–Trinajstić information content (AvgIpc) is 2.87. The van der Waals surface area contributed by atoms with Crippen molar-refractivity contribution in [2.45, 2.75) is 0 Å². The summed E-state index contributed by atoms with van der Waals surface area (Å²) in [6.45, 7) is 0. The number of rotatable bonds is 3. The van der Waals surface area contributed by atoms with E-state index in [4.69, 9.17) is 11.6 Å². The molecule has 22 heavy (non-hydrogen) atoms. The van der Waals surface area contributed by atoms with Crippen LogP contribution in [0.1, 0.15) is 15.2 Å². The van der Waals surface area contributed by atoms with Crippen molar-refractivity contribution in [1.82, 2.24) is 5.43 Å². The molecule has 1 N–H and O–H groups in total. The van der Waals surface area contributed by atoms with Gasteiger partial charge in [0.05, 0.1) is 11.2 Å². The van der Waals surface area contributed by atoms with Crippen LogP contribution in [0.3, 0.4) is 0 Å². The fourth-order valence-electron chi connectivity index (χ4n) is 1.93. The summed E-state index contributed by atoms with van der Waals surface area (Å²) in [5, 5.41) is 5.13. The Bertz CT molecular complexity index is 858. The second-order valence-electron chi connectivity index (χ2n) is 4.49. The van der Waals surface area contributed by atoms with Gasteiger partial charge in [0.25, 0.3) is 5.91 Å². The number of halogens is 2. The second kappa shape index (κ2) is 6.25. The summed E-state index contributed by atoms with van der Waals surface area (Å²) in [7, 11) is 0. The van der Waals surface area contributed by atoms with Crippen molar-refractivity contribution in [3.8, 4) is 0 Å². The smallest absolute Gasteiger partial charge is 0.266 e. The van der Waals surface area contributed by atoms with Crippen LogP contribution < -0.4 is 5.43 Å². The molecule has 0 unspecified atom stereocenters. The third-order valence-electron chi connectivity index (χ3n) is 2.99. The van der Waals surface area contributed by atoms with Crippen LogP contribution in [0.2, 0.25) is 5.02 Å². The molecule has 3 rings (SSSR count). The van der Waals surface area contributed by atoms with Crippen LogP contribution >= 0.6 is 22.9 Å². The van der Waals surface area contributed by atoms with E-state index in [1.807, 2.05) is 24.3 Å². The van der Waals surface area contributed by atoms with Crippen molar-refractivity contribution < 1.29 is 9.18 Å². The van der Waals surface area contributed by atoms with E-state index in [1.165, 1.54) is 29.7 Å². The number of thiophene rings is 1. The number of carbonyl (C=O) groups is 1. The molecule has 0 aliphatic rings. The number of nitrogens with one attached hydrogen (secondary N) is 1. The minimum Gasteiger partial charge on any atom is -0.266 e. The van der Waals surface area contributed by atoms with Crippen molar-refractivity contribution in [3.05, 3.63) is 69.8 Å². The Balaban J connectivity index is 1.76. The van der Waals surface area contributed by atoms with E-state index >= 15 is 0 Å². The molecule has 1 aromatic heterocycles. The highest BCUT2D eigenvalue weighted by molar-refractivity contribution is 7.21. The maximum atomic E-state index is 12.8. The minimum atomic E-state index is -0.371. The van der Waals surface area contributed by atoms with Gasteiger partial charge in [-0.1, -0.05) is 41.9 Å². The van der Waals surface area contributed by atoms with Crippen molar-refractivity contribution in [2.24, 2.45) is 5.10 Å². The Morgan fingerprint density at radius 2 is 1.91 bits per heavy atom. The predicted octanol–water partition coefficient (Wildman–Crippen LogP) is 4.46. The molecule has 110 valence electrons. The van der Waals surface area contributed by atoms with Gasteiger partial charge in [0.1, 0.15) is 10.7 Å². The standard InChI is InChI=1S/C16H10ClFN2OS/c17-14-12-3-1-2-4-13(12)22-15(14)16(21)20-19-9-10-5-7-11(18)8-6-10/h1-9H,(H,20,21). The molecule has 0 spiro atoms.